The third kappa shape index (κ3) is 5.14. The van der Waals surface area contributed by atoms with E-state index < -0.39 is 0 Å². The summed E-state index contributed by atoms with van der Waals surface area (Å²) in [7, 11) is 0. The lowest BCUT2D eigenvalue weighted by molar-refractivity contribution is 0.0951. The van der Waals surface area contributed by atoms with Crippen molar-refractivity contribution in [3.05, 3.63) is 115 Å². The first-order chi connectivity index (χ1) is 18.3. The molecule has 3 aromatic carbocycles. The van der Waals surface area contributed by atoms with Crippen LogP contribution in [-0.2, 0) is 19.4 Å². The fourth-order valence-corrected chi connectivity index (χ4v) is 4.91. The topological polar surface area (TPSA) is 113 Å². The van der Waals surface area contributed by atoms with Crippen molar-refractivity contribution in [1.82, 2.24) is 25.1 Å². The van der Waals surface area contributed by atoms with Crippen molar-refractivity contribution < 1.29 is 9.90 Å². The molecular weight excluding hydrogens is 525 g/mol. The molecule has 2 heterocycles. The Kier molecular flexibility index (Phi) is 7.18. The van der Waals surface area contributed by atoms with Gasteiger partial charge in [-0.3, -0.25) is 9.59 Å². The van der Waals surface area contributed by atoms with E-state index in [-0.39, 0.29) is 33.7 Å². The van der Waals surface area contributed by atoms with Crippen molar-refractivity contribution in [1.29, 1.82) is 0 Å². The molecule has 0 radical (unpaired) electrons. The highest BCUT2D eigenvalue weighted by atomic mass is 35.5. The largest absolute Gasteiger partial charge is 0.508 e. The van der Waals surface area contributed by atoms with E-state index in [1.165, 1.54) is 16.8 Å². The summed E-state index contributed by atoms with van der Waals surface area (Å²) in [4.78, 5) is 33.4. The smallest absolute Gasteiger partial charge is 0.262 e. The van der Waals surface area contributed by atoms with Gasteiger partial charge in [-0.15, -0.1) is 0 Å². The number of benzene rings is 3. The number of hydrogen-bond donors (Lipinski definition) is 3. The first-order valence-electron chi connectivity index (χ1n) is 11.9. The van der Waals surface area contributed by atoms with Gasteiger partial charge in [0.25, 0.3) is 11.5 Å². The number of halogens is 2. The number of aromatic nitrogens is 4. The molecule has 10 heteroatoms. The van der Waals surface area contributed by atoms with Gasteiger partial charge in [-0.1, -0.05) is 72.6 Å². The van der Waals surface area contributed by atoms with Crippen LogP contribution in [0.4, 0.5) is 0 Å². The van der Waals surface area contributed by atoms with E-state index in [1.807, 2.05) is 43.3 Å². The first-order valence-corrected chi connectivity index (χ1v) is 12.7. The van der Waals surface area contributed by atoms with Gasteiger partial charge in [-0.05, 0) is 41.8 Å². The first kappa shape index (κ1) is 25.5. The Morgan fingerprint density at radius 3 is 2.42 bits per heavy atom. The molecular formula is C28H23Cl2N5O3. The Bertz CT molecular complexity index is 1690. The normalized spacial score (nSPS) is 11.1. The summed E-state index contributed by atoms with van der Waals surface area (Å²) in [6.07, 6.45) is 0.767. The molecule has 0 aliphatic rings. The number of phenols is 1. The Balaban J connectivity index is 1.53. The zero-order valence-electron chi connectivity index (χ0n) is 20.3. The van der Waals surface area contributed by atoms with E-state index in [0.717, 1.165) is 11.1 Å². The predicted molar refractivity (Wildman–Crippen MR) is 147 cm³/mol. The number of H-pyrrole nitrogens is 1. The third-order valence-electron chi connectivity index (χ3n) is 6.06. The summed E-state index contributed by atoms with van der Waals surface area (Å²) < 4.78 is 1.45. The number of hydrogen-bond acceptors (Lipinski definition) is 5. The van der Waals surface area contributed by atoms with Crippen LogP contribution < -0.4 is 10.9 Å². The van der Waals surface area contributed by atoms with Gasteiger partial charge in [0.1, 0.15) is 22.6 Å². The number of aromatic hydroxyl groups is 1. The van der Waals surface area contributed by atoms with Gasteiger partial charge in [0, 0.05) is 18.5 Å². The Hall–Kier alpha value is -4.14. The Labute approximate surface area is 227 Å². The average Bonchev–Trinajstić information content (AvgIpc) is 3.26. The zero-order chi connectivity index (χ0) is 26.8. The number of carbonyl (C=O) groups excluding carboxylic acids is 1. The molecule has 0 aliphatic heterocycles. The molecule has 0 atom stereocenters. The van der Waals surface area contributed by atoms with Crippen LogP contribution in [-0.4, -0.2) is 30.8 Å². The van der Waals surface area contributed by atoms with Crippen molar-refractivity contribution in [2.24, 2.45) is 0 Å². The summed E-state index contributed by atoms with van der Waals surface area (Å²) >= 11 is 13.3. The summed E-state index contributed by atoms with van der Waals surface area (Å²) in [6.45, 7) is 2.24. The molecule has 8 nitrogen and oxygen atoms in total. The van der Waals surface area contributed by atoms with E-state index in [2.05, 4.69) is 20.4 Å². The van der Waals surface area contributed by atoms with Crippen LogP contribution >= 0.6 is 23.2 Å². The Morgan fingerprint density at radius 2 is 1.74 bits per heavy atom. The molecule has 0 spiro atoms. The van der Waals surface area contributed by atoms with Gasteiger partial charge in [-0.2, -0.15) is 5.10 Å². The van der Waals surface area contributed by atoms with Crippen molar-refractivity contribution in [3.63, 3.8) is 0 Å². The lowest BCUT2D eigenvalue weighted by Gasteiger charge is -2.12. The minimum absolute atomic E-state index is 0.121. The van der Waals surface area contributed by atoms with Crippen LogP contribution in [0.2, 0.25) is 10.0 Å². The van der Waals surface area contributed by atoms with Crippen molar-refractivity contribution in [2.75, 3.05) is 0 Å². The molecule has 5 aromatic rings. The van der Waals surface area contributed by atoms with Gasteiger partial charge in [0.05, 0.1) is 15.7 Å². The fourth-order valence-electron chi connectivity index (χ4n) is 4.26. The van der Waals surface area contributed by atoms with Gasteiger partial charge >= 0.3 is 0 Å². The molecule has 38 heavy (non-hydrogen) atoms. The number of nitrogens with zero attached hydrogens (tertiary/aromatic N) is 3. The molecule has 0 bridgehead atoms. The Morgan fingerprint density at radius 1 is 1.03 bits per heavy atom. The lowest BCUT2D eigenvalue weighted by atomic mass is 10.1. The van der Waals surface area contributed by atoms with Crippen LogP contribution in [0, 0.1) is 0 Å². The molecule has 192 valence electrons. The SMILES string of the molecule is CCc1nn(-c2c(Cl)cc(C(=O)NCc3ccccc3)cc2Cl)c2nc(Cc3cccc(O)c3)[nH]c(=O)c12. The monoisotopic (exact) mass is 547 g/mol. The quantitative estimate of drug-likeness (QED) is 0.259. The van der Waals surface area contributed by atoms with Gasteiger partial charge in [0.15, 0.2) is 5.65 Å². The van der Waals surface area contributed by atoms with Crippen LogP contribution in [0.1, 0.15) is 39.9 Å². The van der Waals surface area contributed by atoms with E-state index in [0.29, 0.717) is 46.8 Å². The van der Waals surface area contributed by atoms with Crippen LogP contribution in [0.15, 0.2) is 71.5 Å². The number of carbonyl (C=O) groups is 1. The van der Waals surface area contributed by atoms with E-state index >= 15 is 0 Å². The molecule has 1 amide bonds. The number of phenolic OH excluding ortho intramolecular Hbond substituents is 1. The molecule has 3 N–H and O–H groups in total. The predicted octanol–water partition coefficient (Wildman–Crippen LogP) is 5.20. The van der Waals surface area contributed by atoms with Crippen LogP contribution in [0.25, 0.3) is 16.7 Å². The second-order valence-corrected chi connectivity index (χ2v) is 9.54. The van der Waals surface area contributed by atoms with Crippen molar-refractivity contribution >= 4 is 40.1 Å². The summed E-state index contributed by atoms with van der Waals surface area (Å²) in [5.74, 6) is 0.184. The van der Waals surface area contributed by atoms with Gasteiger partial charge in [0.2, 0.25) is 0 Å². The summed E-state index contributed by atoms with van der Waals surface area (Å²) in [5, 5.41) is 18.0. The molecule has 0 fully saturated rings. The maximum absolute atomic E-state index is 13.1. The van der Waals surface area contributed by atoms with Crippen molar-refractivity contribution in [2.45, 2.75) is 26.3 Å². The minimum Gasteiger partial charge on any atom is -0.508 e. The van der Waals surface area contributed by atoms with E-state index in [9.17, 15) is 14.7 Å². The summed E-state index contributed by atoms with van der Waals surface area (Å²) in [6, 6.07) is 19.3. The van der Waals surface area contributed by atoms with Crippen molar-refractivity contribution in [3.8, 4) is 11.4 Å². The highest BCUT2D eigenvalue weighted by Crippen LogP contribution is 2.32. The lowest BCUT2D eigenvalue weighted by Crippen LogP contribution is -2.23. The molecule has 0 saturated heterocycles. The molecule has 5 rings (SSSR count). The van der Waals surface area contributed by atoms with E-state index in [4.69, 9.17) is 23.2 Å². The number of amides is 1. The van der Waals surface area contributed by atoms with Crippen LogP contribution in [0.3, 0.4) is 0 Å². The second kappa shape index (κ2) is 10.7. The zero-order valence-corrected chi connectivity index (χ0v) is 21.8. The number of aromatic amines is 1. The van der Waals surface area contributed by atoms with Crippen LogP contribution in [0.5, 0.6) is 5.75 Å². The van der Waals surface area contributed by atoms with Gasteiger partial charge in [-0.25, -0.2) is 9.67 Å². The molecule has 0 unspecified atom stereocenters. The fraction of sp³-hybridized carbons (Fsp3) is 0.143. The maximum atomic E-state index is 13.1. The molecule has 0 aliphatic carbocycles. The highest BCUT2D eigenvalue weighted by molar-refractivity contribution is 6.38. The average molecular weight is 548 g/mol. The number of nitrogens with one attached hydrogen (secondary N) is 2. The molecule has 0 saturated carbocycles. The highest BCUT2D eigenvalue weighted by Gasteiger charge is 2.22. The third-order valence-corrected chi connectivity index (χ3v) is 6.64. The number of aryl methyl sites for hydroxylation is 1. The maximum Gasteiger partial charge on any atom is 0.262 e. The second-order valence-electron chi connectivity index (χ2n) is 8.73. The number of rotatable bonds is 7. The molecule has 2 aromatic heterocycles. The minimum atomic E-state index is -0.336. The van der Waals surface area contributed by atoms with Gasteiger partial charge < -0.3 is 15.4 Å². The summed E-state index contributed by atoms with van der Waals surface area (Å²) in [5.41, 5.74) is 2.85. The van der Waals surface area contributed by atoms with E-state index in [1.54, 1.807) is 18.2 Å². The standard InChI is InChI=1S/C28H23Cl2N5O3/c1-2-22-24-26(32-23(33-28(24)38)12-17-9-6-10-19(36)11-17)35(34-22)25-20(29)13-18(14-21(25)30)27(37)31-15-16-7-4-3-5-8-16/h3-11,13-14,36H,2,12,15H2,1H3,(H,31,37)(H,32,33,38). The number of fused-ring (bicyclic) bond motifs is 1.